The zero-order valence-electron chi connectivity index (χ0n) is 10.6. The second-order valence-electron chi connectivity index (χ2n) is 4.12. The second-order valence-corrected chi connectivity index (χ2v) is 5.12. The fraction of sp³-hybridized carbons (Fsp3) is 0.417. The molecule has 18 heavy (non-hydrogen) atoms. The van der Waals surface area contributed by atoms with Gasteiger partial charge < -0.3 is 5.11 Å². The van der Waals surface area contributed by atoms with E-state index >= 15 is 0 Å². The van der Waals surface area contributed by atoms with Crippen LogP contribution in [0.2, 0.25) is 0 Å². The van der Waals surface area contributed by atoms with E-state index in [1.54, 1.807) is 10.9 Å². The van der Waals surface area contributed by atoms with Crippen LogP contribution in [0.5, 0.6) is 0 Å². The number of aromatic nitrogens is 3. The minimum absolute atomic E-state index is 0.343. The second kappa shape index (κ2) is 4.89. The van der Waals surface area contributed by atoms with Crippen molar-refractivity contribution in [2.24, 2.45) is 7.05 Å². The first-order valence-electron chi connectivity index (χ1n) is 5.76. The number of carboxylic acids is 1. The van der Waals surface area contributed by atoms with Crippen molar-refractivity contribution in [1.29, 1.82) is 0 Å². The minimum Gasteiger partial charge on any atom is -0.477 e. The van der Waals surface area contributed by atoms with Gasteiger partial charge in [0.1, 0.15) is 9.88 Å². The van der Waals surface area contributed by atoms with Crippen LogP contribution in [0.15, 0.2) is 6.20 Å². The van der Waals surface area contributed by atoms with Crippen LogP contribution in [-0.4, -0.2) is 25.8 Å². The van der Waals surface area contributed by atoms with E-state index in [0.717, 1.165) is 22.7 Å². The molecular formula is C12H15N3O2S. The molecule has 0 aromatic carbocycles. The van der Waals surface area contributed by atoms with Gasteiger partial charge >= 0.3 is 5.97 Å². The van der Waals surface area contributed by atoms with Crippen molar-refractivity contribution in [3.8, 4) is 10.6 Å². The molecule has 2 heterocycles. The van der Waals surface area contributed by atoms with E-state index < -0.39 is 5.97 Å². The van der Waals surface area contributed by atoms with Crippen LogP contribution < -0.4 is 0 Å². The Bertz CT molecular complexity index is 586. The van der Waals surface area contributed by atoms with E-state index in [1.165, 1.54) is 11.3 Å². The van der Waals surface area contributed by atoms with Gasteiger partial charge in [0.15, 0.2) is 0 Å². The number of carbonyl (C=O) groups is 1. The van der Waals surface area contributed by atoms with Crippen LogP contribution in [0.1, 0.15) is 34.4 Å². The number of aromatic carboxylic acids is 1. The molecule has 2 aromatic rings. The van der Waals surface area contributed by atoms with E-state index in [9.17, 15) is 9.90 Å². The van der Waals surface area contributed by atoms with Crippen molar-refractivity contribution in [2.75, 3.05) is 0 Å². The third-order valence-electron chi connectivity index (χ3n) is 2.84. The summed E-state index contributed by atoms with van der Waals surface area (Å²) in [4.78, 5) is 16.0. The van der Waals surface area contributed by atoms with E-state index in [2.05, 4.69) is 10.1 Å². The van der Waals surface area contributed by atoms with Gasteiger partial charge in [-0.2, -0.15) is 5.10 Å². The van der Waals surface area contributed by atoms with E-state index in [0.29, 0.717) is 17.0 Å². The third kappa shape index (κ3) is 2.15. The molecule has 0 spiro atoms. The Kier molecular flexibility index (Phi) is 3.47. The first-order chi connectivity index (χ1) is 8.54. The summed E-state index contributed by atoms with van der Waals surface area (Å²) in [6.07, 6.45) is 3.31. The molecule has 0 amide bonds. The summed E-state index contributed by atoms with van der Waals surface area (Å²) >= 11 is 1.22. The average Bonchev–Trinajstić information content (AvgIpc) is 2.86. The maximum Gasteiger partial charge on any atom is 0.347 e. The summed E-state index contributed by atoms with van der Waals surface area (Å²) in [5.41, 5.74) is 2.57. The Balaban J connectivity index is 2.49. The first kappa shape index (κ1) is 12.8. The number of aryl methyl sites for hydroxylation is 2. The molecule has 0 radical (unpaired) electrons. The highest BCUT2D eigenvalue weighted by Gasteiger charge is 2.19. The molecule has 0 aliphatic heterocycles. The molecule has 5 nitrogen and oxygen atoms in total. The Morgan fingerprint density at radius 3 is 2.78 bits per heavy atom. The third-order valence-corrected chi connectivity index (χ3v) is 3.96. The predicted molar refractivity (Wildman–Crippen MR) is 70.0 cm³/mol. The van der Waals surface area contributed by atoms with Crippen molar-refractivity contribution >= 4 is 17.3 Å². The molecule has 0 unspecified atom stereocenters. The van der Waals surface area contributed by atoms with Crippen LogP contribution in [0.3, 0.4) is 0 Å². The topological polar surface area (TPSA) is 68.0 Å². The van der Waals surface area contributed by atoms with Crippen molar-refractivity contribution < 1.29 is 9.90 Å². The summed E-state index contributed by atoms with van der Waals surface area (Å²) < 4.78 is 1.76. The standard InChI is InChI=1S/C12H15N3O2S/c1-4-5-9-10(12(16)17)18-11(14-9)8-6-13-15(3)7(8)2/h6H,4-5H2,1-3H3,(H,16,17). The van der Waals surface area contributed by atoms with Crippen LogP contribution in [0.4, 0.5) is 0 Å². The Labute approximate surface area is 109 Å². The van der Waals surface area contributed by atoms with E-state index in [-0.39, 0.29) is 0 Å². The summed E-state index contributed by atoms with van der Waals surface area (Å²) in [5.74, 6) is -0.899. The number of hydrogen-bond donors (Lipinski definition) is 1. The number of hydrogen-bond acceptors (Lipinski definition) is 4. The fourth-order valence-corrected chi connectivity index (χ4v) is 2.76. The highest BCUT2D eigenvalue weighted by Crippen LogP contribution is 2.30. The molecule has 0 atom stereocenters. The molecule has 0 aliphatic rings. The van der Waals surface area contributed by atoms with Crippen molar-refractivity contribution in [1.82, 2.24) is 14.8 Å². The monoisotopic (exact) mass is 265 g/mol. The molecule has 0 saturated carbocycles. The van der Waals surface area contributed by atoms with Crippen molar-refractivity contribution in [2.45, 2.75) is 26.7 Å². The molecule has 96 valence electrons. The van der Waals surface area contributed by atoms with Gasteiger partial charge in [0.2, 0.25) is 0 Å². The largest absolute Gasteiger partial charge is 0.477 e. The van der Waals surface area contributed by atoms with Gasteiger partial charge in [-0.25, -0.2) is 9.78 Å². The summed E-state index contributed by atoms with van der Waals surface area (Å²) in [6, 6.07) is 0. The molecule has 0 saturated heterocycles. The van der Waals surface area contributed by atoms with E-state index in [1.807, 2.05) is 20.9 Å². The van der Waals surface area contributed by atoms with Gasteiger partial charge in [-0.15, -0.1) is 11.3 Å². The van der Waals surface area contributed by atoms with Crippen molar-refractivity contribution in [3.05, 3.63) is 22.5 Å². The van der Waals surface area contributed by atoms with Crippen molar-refractivity contribution in [3.63, 3.8) is 0 Å². The lowest BCUT2D eigenvalue weighted by Crippen LogP contribution is -1.98. The van der Waals surface area contributed by atoms with Gasteiger partial charge in [-0.3, -0.25) is 4.68 Å². The maximum absolute atomic E-state index is 11.2. The predicted octanol–water partition coefficient (Wildman–Crippen LogP) is 2.50. The van der Waals surface area contributed by atoms with Gasteiger partial charge in [-0.1, -0.05) is 13.3 Å². The lowest BCUT2D eigenvalue weighted by molar-refractivity contribution is 0.0700. The molecule has 0 bridgehead atoms. The van der Waals surface area contributed by atoms with Crippen LogP contribution >= 0.6 is 11.3 Å². The highest BCUT2D eigenvalue weighted by atomic mass is 32.1. The van der Waals surface area contributed by atoms with Crippen LogP contribution in [0.25, 0.3) is 10.6 Å². The molecule has 2 aromatic heterocycles. The first-order valence-corrected chi connectivity index (χ1v) is 6.58. The summed E-state index contributed by atoms with van der Waals surface area (Å²) in [6.45, 7) is 3.96. The molecule has 1 N–H and O–H groups in total. The summed E-state index contributed by atoms with van der Waals surface area (Å²) in [5, 5.41) is 14.1. The Hall–Kier alpha value is -1.69. The Morgan fingerprint density at radius 2 is 2.28 bits per heavy atom. The molecule has 0 aliphatic carbocycles. The van der Waals surface area contributed by atoms with Gasteiger partial charge in [0.05, 0.1) is 17.5 Å². The van der Waals surface area contributed by atoms with Gasteiger partial charge in [0, 0.05) is 12.7 Å². The van der Waals surface area contributed by atoms with Crippen LogP contribution in [-0.2, 0) is 13.5 Å². The Morgan fingerprint density at radius 1 is 1.56 bits per heavy atom. The lowest BCUT2D eigenvalue weighted by Gasteiger charge is -1.95. The smallest absolute Gasteiger partial charge is 0.347 e. The fourth-order valence-electron chi connectivity index (χ4n) is 1.75. The van der Waals surface area contributed by atoms with Gasteiger partial charge in [0.25, 0.3) is 0 Å². The number of nitrogens with zero attached hydrogens (tertiary/aromatic N) is 3. The zero-order valence-corrected chi connectivity index (χ0v) is 11.4. The normalized spacial score (nSPS) is 10.8. The lowest BCUT2D eigenvalue weighted by atomic mass is 10.2. The van der Waals surface area contributed by atoms with E-state index in [4.69, 9.17) is 0 Å². The summed E-state index contributed by atoms with van der Waals surface area (Å²) in [7, 11) is 1.86. The molecular weight excluding hydrogens is 250 g/mol. The quantitative estimate of drug-likeness (QED) is 0.922. The molecule has 2 rings (SSSR count). The highest BCUT2D eigenvalue weighted by molar-refractivity contribution is 7.17. The van der Waals surface area contributed by atoms with Crippen LogP contribution in [0, 0.1) is 6.92 Å². The molecule has 0 fully saturated rings. The average molecular weight is 265 g/mol. The number of carboxylic acid groups (broad SMARTS) is 1. The number of rotatable bonds is 4. The minimum atomic E-state index is -0.899. The number of thiazole rings is 1. The van der Waals surface area contributed by atoms with Gasteiger partial charge in [-0.05, 0) is 13.3 Å². The molecule has 6 heteroatoms. The zero-order chi connectivity index (χ0) is 13.3. The SMILES string of the molecule is CCCc1nc(-c2cnn(C)c2C)sc1C(=O)O. The maximum atomic E-state index is 11.2.